The molecule has 8 heteroatoms. The summed E-state index contributed by atoms with van der Waals surface area (Å²) in [5.41, 5.74) is 1.73. The Morgan fingerprint density at radius 1 is 1.12 bits per heavy atom. The zero-order valence-corrected chi connectivity index (χ0v) is 19.3. The lowest BCUT2D eigenvalue weighted by atomic mass is 9.94. The second-order valence-corrected chi connectivity index (χ2v) is 8.75. The summed E-state index contributed by atoms with van der Waals surface area (Å²) in [5.74, 6) is 0.367. The number of halogens is 2. The summed E-state index contributed by atoms with van der Waals surface area (Å²) < 4.78 is 25.1. The van der Waals surface area contributed by atoms with E-state index in [0.29, 0.717) is 21.5 Å². The smallest absolute Gasteiger partial charge is 0.329 e. The zero-order chi connectivity index (χ0) is 22.7. The van der Waals surface area contributed by atoms with Gasteiger partial charge in [0.05, 0.1) is 7.11 Å². The lowest BCUT2D eigenvalue weighted by Crippen LogP contribution is -2.41. The van der Waals surface area contributed by atoms with E-state index in [9.17, 15) is 14.0 Å². The zero-order valence-electron chi connectivity index (χ0n) is 17.7. The highest BCUT2D eigenvalue weighted by Crippen LogP contribution is 2.36. The third kappa shape index (κ3) is 4.80. The molecule has 1 heterocycles. The van der Waals surface area contributed by atoms with Crippen LogP contribution in [0.15, 0.2) is 46.6 Å². The molecule has 0 aromatic heterocycles. The molecule has 0 atom stereocenters. The molecule has 0 radical (unpaired) electrons. The Kier molecular flexibility index (Phi) is 6.79. The van der Waals surface area contributed by atoms with Gasteiger partial charge in [-0.25, -0.2) is 9.18 Å². The fourth-order valence-electron chi connectivity index (χ4n) is 4.05. The molecule has 1 aliphatic carbocycles. The molecule has 6 nitrogen and oxygen atoms in total. The number of nitrogens with one attached hydrogen (secondary N) is 1. The highest BCUT2D eigenvalue weighted by Gasteiger charge is 2.39. The van der Waals surface area contributed by atoms with Crippen LogP contribution in [0.5, 0.6) is 11.5 Å². The normalized spacial score (nSPS) is 18.2. The molecule has 168 valence electrons. The third-order valence-electron chi connectivity index (χ3n) is 5.74. The van der Waals surface area contributed by atoms with Crippen LogP contribution < -0.4 is 14.8 Å². The van der Waals surface area contributed by atoms with Crippen molar-refractivity contribution >= 4 is 33.9 Å². The number of nitrogens with zero attached hydrogens (tertiary/aromatic N) is 1. The molecule has 1 saturated heterocycles. The van der Waals surface area contributed by atoms with Crippen LogP contribution in [0.4, 0.5) is 9.18 Å². The average Bonchev–Trinajstić information content (AvgIpc) is 3.08. The van der Waals surface area contributed by atoms with E-state index in [-0.39, 0.29) is 36.1 Å². The third-order valence-corrected chi connectivity index (χ3v) is 6.43. The molecule has 0 spiro atoms. The Hall–Kier alpha value is -2.87. The summed E-state index contributed by atoms with van der Waals surface area (Å²) in [6.45, 7) is 0.244. The summed E-state index contributed by atoms with van der Waals surface area (Å²) >= 11 is 3.51. The van der Waals surface area contributed by atoms with E-state index in [0.717, 1.165) is 37.7 Å². The van der Waals surface area contributed by atoms with Crippen molar-refractivity contribution in [2.45, 2.75) is 44.8 Å². The van der Waals surface area contributed by atoms with Crippen LogP contribution in [0.3, 0.4) is 0 Å². The Bertz CT molecular complexity index is 1050. The van der Waals surface area contributed by atoms with E-state index in [1.807, 2.05) is 0 Å². The molecule has 2 aliphatic rings. The van der Waals surface area contributed by atoms with Gasteiger partial charge < -0.3 is 14.8 Å². The van der Waals surface area contributed by atoms with E-state index in [1.165, 1.54) is 24.1 Å². The van der Waals surface area contributed by atoms with Gasteiger partial charge in [0.15, 0.2) is 11.5 Å². The van der Waals surface area contributed by atoms with Crippen molar-refractivity contribution in [3.63, 3.8) is 0 Å². The number of methoxy groups -OCH3 is 1. The van der Waals surface area contributed by atoms with E-state index in [2.05, 4.69) is 21.2 Å². The monoisotopic (exact) mass is 502 g/mol. The van der Waals surface area contributed by atoms with Gasteiger partial charge in [0, 0.05) is 10.5 Å². The number of carbonyl (C=O) groups excluding carboxylic acids is 2. The van der Waals surface area contributed by atoms with Crippen LogP contribution in [0, 0.1) is 5.82 Å². The van der Waals surface area contributed by atoms with Gasteiger partial charge >= 0.3 is 6.03 Å². The Balaban J connectivity index is 1.53. The maximum atomic E-state index is 13.1. The number of carbonyl (C=O) groups is 2. The van der Waals surface area contributed by atoms with Crippen molar-refractivity contribution in [1.82, 2.24) is 10.2 Å². The number of hydrogen-bond donors (Lipinski definition) is 1. The van der Waals surface area contributed by atoms with Crippen LogP contribution >= 0.6 is 15.9 Å². The summed E-state index contributed by atoms with van der Waals surface area (Å²) in [6.07, 6.45) is 6.55. The minimum Gasteiger partial charge on any atom is -0.493 e. The predicted octanol–water partition coefficient (Wildman–Crippen LogP) is 5.40. The quantitative estimate of drug-likeness (QED) is 0.424. The standard InChI is InChI=1S/C24H24BrFN2O4/c1-31-21-12-16(19(25)13-22(21)32-14-15-7-9-17(26)10-8-15)11-20-23(29)28(24(30)27-20)18-5-3-2-4-6-18/h7-13,18H,2-6,14H2,1H3,(H,27,30)/b20-11-. The number of ether oxygens (including phenoxy) is 2. The highest BCUT2D eigenvalue weighted by atomic mass is 79.9. The molecule has 2 fully saturated rings. The Morgan fingerprint density at radius 3 is 2.53 bits per heavy atom. The van der Waals surface area contributed by atoms with Gasteiger partial charge in [-0.15, -0.1) is 0 Å². The average molecular weight is 503 g/mol. The second kappa shape index (κ2) is 9.73. The van der Waals surface area contributed by atoms with Gasteiger partial charge in [-0.1, -0.05) is 47.3 Å². The number of benzene rings is 2. The second-order valence-electron chi connectivity index (χ2n) is 7.89. The van der Waals surface area contributed by atoms with Gasteiger partial charge in [-0.2, -0.15) is 0 Å². The van der Waals surface area contributed by atoms with Crippen molar-refractivity contribution in [3.05, 3.63) is 63.5 Å². The minimum absolute atomic E-state index is 0.0395. The first-order valence-electron chi connectivity index (χ1n) is 10.6. The minimum atomic E-state index is -0.365. The molecule has 32 heavy (non-hydrogen) atoms. The number of imide groups is 1. The van der Waals surface area contributed by atoms with Crippen molar-refractivity contribution in [2.24, 2.45) is 0 Å². The van der Waals surface area contributed by atoms with E-state index in [1.54, 1.807) is 30.3 Å². The van der Waals surface area contributed by atoms with Gasteiger partial charge in [-0.05, 0) is 54.3 Å². The van der Waals surface area contributed by atoms with Crippen molar-refractivity contribution in [1.29, 1.82) is 0 Å². The molecular formula is C24H24BrFN2O4. The first-order chi connectivity index (χ1) is 15.5. The molecule has 1 aliphatic heterocycles. The molecule has 3 amide bonds. The molecule has 1 saturated carbocycles. The van der Waals surface area contributed by atoms with E-state index >= 15 is 0 Å². The van der Waals surface area contributed by atoms with Gasteiger partial charge in [-0.3, -0.25) is 9.69 Å². The van der Waals surface area contributed by atoms with Crippen LogP contribution in [0.1, 0.15) is 43.2 Å². The van der Waals surface area contributed by atoms with Gasteiger partial charge in [0.2, 0.25) is 0 Å². The van der Waals surface area contributed by atoms with Crippen molar-refractivity contribution in [3.8, 4) is 11.5 Å². The summed E-state index contributed by atoms with van der Waals surface area (Å²) in [5, 5.41) is 2.71. The first kappa shape index (κ1) is 22.3. The highest BCUT2D eigenvalue weighted by molar-refractivity contribution is 9.10. The Morgan fingerprint density at radius 2 is 1.84 bits per heavy atom. The fourth-order valence-corrected chi connectivity index (χ4v) is 4.49. The lowest BCUT2D eigenvalue weighted by Gasteiger charge is -2.28. The molecule has 4 rings (SSSR count). The number of rotatable bonds is 6. The summed E-state index contributed by atoms with van der Waals surface area (Å²) in [4.78, 5) is 26.7. The van der Waals surface area contributed by atoms with Crippen molar-refractivity contribution < 1.29 is 23.5 Å². The lowest BCUT2D eigenvalue weighted by molar-refractivity contribution is -0.124. The molecule has 2 aromatic carbocycles. The molecule has 0 bridgehead atoms. The van der Waals surface area contributed by atoms with E-state index in [4.69, 9.17) is 9.47 Å². The van der Waals surface area contributed by atoms with Crippen LogP contribution in [0.25, 0.3) is 6.08 Å². The van der Waals surface area contributed by atoms with Gasteiger partial charge in [0.25, 0.3) is 5.91 Å². The number of hydrogen-bond acceptors (Lipinski definition) is 4. The molecule has 0 unspecified atom stereocenters. The number of amides is 3. The number of urea groups is 1. The van der Waals surface area contributed by atoms with Gasteiger partial charge in [0.1, 0.15) is 18.1 Å². The predicted molar refractivity (Wildman–Crippen MR) is 122 cm³/mol. The SMILES string of the molecule is COc1cc(/C=C2\NC(=O)N(C3CCCCC3)C2=O)c(Br)cc1OCc1ccc(F)cc1. The molecule has 1 N–H and O–H groups in total. The summed E-state index contributed by atoms with van der Waals surface area (Å²) in [6, 6.07) is 9.14. The molecular weight excluding hydrogens is 479 g/mol. The topological polar surface area (TPSA) is 67.9 Å². The summed E-state index contributed by atoms with van der Waals surface area (Å²) in [7, 11) is 1.53. The largest absolute Gasteiger partial charge is 0.493 e. The maximum Gasteiger partial charge on any atom is 0.329 e. The van der Waals surface area contributed by atoms with Crippen LogP contribution in [-0.2, 0) is 11.4 Å². The van der Waals surface area contributed by atoms with Crippen LogP contribution in [-0.4, -0.2) is 30.0 Å². The first-order valence-corrected chi connectivity index (χ1v) is 11.4. The maximum absolute atomic E-state index is 13.1. The fraction of sp³-hybridized carbons (Fsp3) is 0.333. The van der Waals surface area contributed by atoms with Crippen LogP contribution in [0.2, 0.25) is 0 Å². The Labute approximate surface area is 194 Å². The molecule has 2 aromatic rings. The van der Waals surface area contributed by atoms with E-state index < -0.39 is 0 Å². The van der Waals surface area contributed by atoms with Crippen molar-refractivity contribution in [2.75, 3.05) is 7.11 Å².